The molecule has 0 atom stereocenters. The number of amides is 1. The molecule has 0 unspecified atom stereocenters. The molecule has 0 fully saturated rings. The van der Waals surface area contributed by atoms with Crippen LogP contribution in [0.5, 0.6) is 11.5 Å². The number of nitrogens with one attached hydrogen (secondary N) is 1. The average Bonchev–Trinajstić information content (AvgIpc) is 2.83. The molecule has 0 aliphatic carbocycles. The summed E-state index contributed by atoms with van der Waals surface area (Å²) in [4.78, 5) is 23.5. The third kappa shape index (κ3) is 4.52. The number of carbonyl (C=O) groups is 1. The molecule has 1 aromatic heterocycles. The fourth-order valence-electron chi connectivity index (χ4n) is 3.34. The predicted molar refractivity (Wildman–Crippen MR) is 124 cm³/mol. The smallest absolute Gasteiger partial charge is 0.262 e. The second-order valence-corrected chi connectivity index (χ2v) is 7.14. The fraction of sp³-hybridized carbons (Fsp3) is 0.0800. The molecule has 4 aromatic rings. The monoisotopic (exact) mass is 426 g/mol. The maximum Gasteiger partial charge on any atom is 0.262 e. The van der Waals surface area contributed by atoms with Gasteiger partial charge >= 0.3 is 0 Å². The molecule has 0 saturated carbocycles. The van der Waals surface area contributed by atoms with Crippen LogP contribution in [-0.2, 0) is 6.54 Å². The summed E-state index contributed by atoms with van der Waals surface area (Å²) in [6.07, 6.45) is 1.68. The highest BCUT2D eigenvalue weighted by Gasteiger charge is 2.21. The van der Waals surface area contributed by atoms with Crippen LogP contribution in [0.15, 0.2) is 85.1 Å². The van der Waals surface area contributed by atoms with Gasteiger partial charge in [-0.15, -0.1) is 0 Å². The van der Waals surface area contributed by atoms with E-state index in [1.165, 1.54) is 12.1 Å². The third-order valence-corrected chi connectivity index (χ3v) is 4.99. The van der Waals surface area contributed by atoms with E-state index in [0.717, 1.165) is 22.9 Å². The summed E-state index contributed by atoms with van der Waals surface area (Å²) in [6.45, 7) is 0.316. The van der Waals surface area contributed by atoms with Gasteiger partial charge in [-0.05, 0) is 35.9 Å². The maximum atomic E-state index is 13.4. The number of rotatable bonds is 6. The largest absolute Gasteiger partial charge is 0.508 e. The lowest BCUT2D eigenvalue weighted by Gasteiger charge is -2.24. The van der Waals surface area contributed by atoms with Crippen LogP contribution in [0.4, 0.5) is 11.6 Å². The molecular weight excluding hydrogens is 404 g/mol. The fourth-order valence-corrected chi connectivity index (χ4v) is 3.34. The van der Waals surface area contributed by atoms with Crippen LogP contribution in [0, 0.1) is 0 Å². The highest BCUT2D eigenvalue weighted by atomic mass is 16.3. The second kappa shape index (κ2) is 9.18. The van der Waals surface area contributed by atoms with Gasteiger partial charge in [0.25, 0.3) is 5.91 Å². The van der Waals surface area contributed by atoms with Crippen LogP contribution in [0.3, 0.4) is 0 Å². The van der Waals surface area contributed by atoms with Crippen molar-refractivity contribution in [3.63, 3.8) is 0 Å². The summed E-state index contributed by atoms with van der Waals surface area (Å²) in [6, 6.07) is 22.8. The minimum atomic E-state index is -0.376. The van der Waals surface area contributed by atoms with Gasteiger partial charge in [0.1, 0.15) is 11.5 Å². The molecule has 32 heavy (non-hydrogen) atoms. The molecule has 0 saturated heterocycles. The Hall–Kier alpha value is -4.39. The maximum absolute atomic E-state index is 13.4. The zero-order chi connectivity index (χ0) is 22.5. The van der Waals surface area contributed by atoms with Crippen molar-refractivity contribution >= 4 is 17.5 Å². The predicted octanol–water partition coefficient (Wildman–Crippen LogP) is 4.44. The van der Waals surface area contributed by atoms with Crippen LogP contribution in [-0.4, -0.2) is 33.1 Å². The molecule has 3 aromatic carbocycles. The Morgan fingerprint density at radius 3 is 2.41 bits per heavy atom. The van der Waals surface area contributed by atoms with Crippen LogP contribution >= 0.6 is 0 Å². The van der Waals surface area contributed by atoms with Gasteiger partial charge in [-0.2, -0.15) is 0 Å². The highest BCUT2D eigenvalue weighted by Crippen LogP contribution is 2.29. The SMILES string of the molecule is CNc1nccc(-c2ccc(N(Cc3ccccc3)C(=O)c3ccc(O)cc3O)cc2)n1. The lowest BCUT2D eigenvalue weighted by Crippen LogP contribution is -2.30. The van der Waals surface area contributed by atoms with E-state index in [-0.39, 0.29) is 23.0 Å². The van der Waals surface area contributed by atoms with E-state index in [1.807, 2.05) is 60.7 Å². The summed E-state index contributed by atoms with van der Waals surface area (Å²) in [5.74, 6) is -0.233. The van der Waals surface area contributed by atoms with E-state index in [2.05, 4.69) is 15.3 Å². The number of phenols is 2. The summed E-state index contributed by atoms with van der Waals surface area (Å²) in [5, 5.41) is 22.7. The third-order valence-electron chi connectivity index (χ3n) is 4.99. The number of phenolic OH excluding ortho intramolecular Hbond substituents is 2. The highest BCUT2D eigenvalue weighted by molar-refractivity contribution is 6.08. The van der Waals surface area contributed by atoms with Crippen molar-refractivity contribution in [3.05, 3.63) is 96.2 Å². The molecule has 0 aliphatic rings. The minimum absolute atomic E-state index is 0.108. The number of aromatic nitrogens is 2. The number of hydrogen-bond acceptors (Lipinski definition) is 6. The number of hydrogen-bond donors (Lipinski definition) is 3. The Balaban J connectivity index is 1.70. The Kier molecular flexibility index (Phi) is 5.98. The molecule has 0 bridgehead atoms. The molecule has 7 heteroatoms. The quantitative estimate of drug-likeness (QED) is 0.422. The van der Waals surface area contributed by atoms with E-state index in [1.54, 1.807) is 18.1 Å². The normalized spacial score (nSPS) is 10.5. The van der Waals surface area contributed by atoms with Crippen molar-refractivity contribution in [2.24, 2.45) is 0 Å². The number of aromatic hydroxyl groups is 2. The summed E-state index contributed by atoms with van der Waals surface area (Å²) in [5.41, 5.74) is 3.35. The lowest BCUT2D eigenvalue weighted by molar-refractivity contribution is 0.0982. The first-order chi connectivity index (χ1) is 15.5. The van der Waals surface area contributed by atoms with Crippen molar-refractivity contribution in [1.29, 1.82) is 0 Å². The molecule has 0 aliphatic heterocycles. The van der Waals surface area contributed by atoms with E-state index in [0.29, 0.717) is 18.2 Å². The van der Waals surface area contributed by atoms with Gasteiger partial charge in [0.2, 0.25) is 5.95 Å². The Morgan fingerprint density at radius 2 is 1.72 bits per heavy atom. The van der Waals surface area contributed by atoms with E-state index >= 15 is 0 Å². The van der Waals surface area contributed by atoms with Crippen molar-refractivity contribution < 1.29 is 15.0 Å². The zero-order valence-electron chi connectivity index (χ0n) is 17.4. The number of benzene rings is 3. The van der Waals surface area contributed by atoms with E-state index in [9.17, 15) is 15.0 Å². The number of anilines is 2. The van der Waals surface area contributed by atoms with Crippen LogP contribution in [0.1, 0.15) is 15.9 Å². The van der Waals surface area contributed by atoms with Gasteiger partial charge in [-0.1, -0.05) is 42.5 Å². The van der Waals surface area contributed by atoms with Crippen LogP contribution in [0.25, 0.3) is 11.3 Å². The molecule has 0 spiro atoms. The van der Waals surface area contributed by atoms with Gasteiger partial charge < -0.3 is 20.4 Å². The molecule has 1 heterocycles. The van der Waals surface area contributed by atoms with Gasteiger partial charge in [-0.25, -0.2) is 9.97 Å². The van der Waals surface area contributed by atoms with Gasteiger partial charge in [0, 0.05) is 30.6 Å². The standard InChI is InChI=1S/C25H22N4O3/c1-26-25-27-14-13-22(28-25)18-7-9-19(10-8-18)29(16-17-5-3-2-4-6-17)24(32)21-12-11-20(30)15-23(21)31/h2-15,30-31H,16H2,1H3,(H,26,27,28). The average molecular weight is 426 g/mol. The van der Waals surface area contributed by atoms with Crippen molar-refractivity contribution in [2.45, 2.75) is 6.54 Å². The molecule has 7 nitrogen and oxygen atoms in total. The molecule has 3 N–H and O–H groups in total. The van der Waals surface area contributed by atoms with Gasteiger partial charge in [-0.3, -0.25) is 4.79 Å². The first-order valence-electron chi connectivity index (χ1n) is 10.0. The minimum Gasteiger partial charge on any atom is -0.508 e. The first-order valence-corrected chi connectivity index (χ1v) is 10.0. The number of nitrogens with zero attached hydrogens (tertiary/aromatic N) is 3. The van der Waals surface area contributed by atoms with Gasteiger partial charge in [0.05, 0.1) is 17.8 Å². The molecular formula is C25H22N4O3. The molecule has 1 amide bonds. The summed E-state index contributed by atoms with van der Waals surface area (Å²) >= 11 is 0. The summed E-state index contributed by atoms with van der Waals surface area (Å²) < 4.78 is 0. The Morgan fingerprint density at radius 1 is 0.969 bits per heavy atom. The zero-order valence-corrected chi connectivity index (χ0v) is 17.4. The van der Waals surface area contributed by atoms with Crippen molar-refractivity contribution in [3.8, 4) is 22.8 Å². The summed E-state index contributed by atoms with van der Waals surface area (Å²) in [7, 11) is 1.76. The lowest BCUT2D eigenvalue weighted by atomic mass is 10.1. The first kappa shape index (κ1) is 20.9. The van der Waals surface area contributed by atoms with Crippen molar-refractivity contribution in [2.75, 3.05) is 17.3 Å². The van der Waals surface area contributed by atoms with Gasteiger partial charge in [0.15, 0.2) is 0 Å². The van der Waals surface area contributed by atoms with Crippen LogP contribution < -0.4 is 10.2 Å². The topological polar surface area (TPSA) is 98.6 Å². The van der Waals surface area contributed by atoms with E-state index < -0.39 is 0 Å². The Bertz CT molecular complexity index is 1230. The molecule has 0 radical (unpaired) electrons. The number of carbonyl (C=O) groups excluding carboxylic acids is 1. The molecule has 4 rings (SSSR count). The second-order valence-electron chi connectivity index (χ2n) is 7.14. The molecule has 160 valence electrons. The Labute approximate surface area is 185 Å². The van der Waals surface area contributed by atoms with E-state index in [4.69, 9.17) is 0 Å². The van der Waals surface area contributed by atoms with Crippen LogP contribution in [0.2, 0.25) is 0 Å². The van der Waals surface area contributed by atoms with Crippen molar-refractivity contribution in [1.82, 2.24) is 9.97 Å².